The number of carbonyl (C=O) groups is 2. The summed E-state index contributed by atoms with van der Waals surface area (Å²) in [6.45, 7) is 0.478. The normalized spacial score (nSPS) is 14.5. The summed E-state index contributed by atoms with van der Waals surface area (Å²) in [4.78, 5) is 23.9. The number of aromatic carboxylic acids is 1. The lowest BCUT2D eigenvalue weighted by Crippen LogP contribution is -2.33. The third-order valence-electron chi connectivity index (χ3n) is 5.70. The van der Waals surface area contributed by atoms with Gasteiger partial charge in [0.25, 0.3) is 5.91 Å². The number of benzene rings is 2. The second-order valence-corrected chi connectivity index (χ2v) is 7.86. The molecule has 2 N–H and O–H groups in total. The molecule has 1 heterocycles. The molecule has 0 saturated heterocycles. The predicted octanol–water partition coefficient (Wildman–Crippen LogP) is 4.35. The molecule has 2 aromatic carbocycles. The van der Waals surface area contributed by atoms with Gasteiger partial charge in [0.2, 0.25) is 0 Å². The van der Waals surface area contributed by atoms with Crippen molar-refractivity contribution < 1.29 is 14.7 Å². The van der Waals surface area contributed by atoms with Gasteiger partial charge in [0.05, 0.1) is 5.56 Å². The summed E-state index contributed by atoms with van der Waals surface area (Å²) < 4.78 is 2.01. The number of carbonyl (C=O) groups excluding carboxylic acids is 1. The van der Waals surface area contributed by atoms with E-state index in [0.29, 0.717) is 6.54 Å². The fourth-order valence-electron chi connectivity index (χ4n) is 4.16. The molecule has 1 aliphatic carbocycles. The van der Waals surface area contributed by atoms with E-state index in [-0.39, 0.29) is 23.1 Å². The van der Waals surface area contributed by atoms with Crippen LogP contribution in [-0.2, 0) is 11.3 Å². The third-order valence-corrected chi connectivity index (χ3v) is 5.70. The van der Waals surface area contributed by atoms with E-state index < -0.39 is 5.97 Å². The number of fused-ring (bicyclic) bond motifs is 1. The average molecular weight is 413 g/mol. The zero-order chi connectivity index (χ0) is 21.8. The molecule has 1 amide bonds. The molecule has 1 saturated carbocycles. The molecule has 0 unspecified atom stereocenters. The highest BCUT2D eigenvalue weighted by molar-refractivity contribution is 6.04. The average Bonchev–Trinajstić information content (AvgIpc) is 3.40. The maximum atomic E-state index is 12.6. The number of para-hydroxylation sites is 1. The van der Waals surface area contributed by atoms with Crippen molar-refractivity contribution in [1.29, 1.82) is 5.26 Å². The van der Waals surface area contributed by atoms with Gasteiger partial charge in [0, 0.05) is 35.2 Å². The summed E-state index contributed by atoms with van der Waals surface area (Å²) in [6, 6.07) is 16.8. The first kappa shape index (κ1) is 20.4. The SMILES string of the molecule is N#C/C(=C/c1cn(Cc2cccc(C(=O)O)c2)c2ccccc12)C(=O)NC1CCCC1. The second kappa shape index (κ2) is 8.88. The van der Waals surface area contributed by atoms with E-state index in [1.54, 1.807) is 24.3 Å². The highest BCUT2D eigenvalue weighted by Crippen LogP contribution is 2.25. The van der Waals surface area contributed by atoms with Gasteiger partial charge in [-0.2, -0.15) is 5.26 Å². The number of hydrogen-bond donors (Lipinski definition) is 2. The first-order valence-corrected chi connectivity index (χ1v) is 10.4. The van der Waals surface area contributed by atoms with Crippen molar-refractivity contribution in [3.8, 4) is 6.07 Å². The van der Waals surface area contributed by atoms with E-state index in [9.17, 15) is 20.0 Å². The van der Waals surface area contributed by atoms with E-state index in [4.69, 9.17) is 0 Å². The minimum absolute atomic E-state index is 0.0858. The number of nitrogens with zero attached hydrogens (tertiary/aromatic N) is 2. The summed E-state index contributed by atoms with van der Waals surface area (Å²) in [5.74, 6) is -1.30. The van der Waals surface area contributed by atoms with E-state index in [1.165, 1.54) is 0 Å². The standard InChI is InChI=1S/C25H23N3O3/c26-14-19(24(29)27-21-8-1-2-9-21)13-20-16-28(23-11-4-3-10-22(20)23)15-17-6-5-7-18(12-17)25(30)31/h3-7,10-13,16,21H,1-2,8-9,15H2,(H,27,29)(H,30,31)/b19-13-. The Kier molecular flexibility index (Phi) is 5.85. The number of carboxylic acid groups (broad SMARTS) is 1. The van der Waals surface area contributed by atoms with Gasteiger partial charge in [-0.15, -0.1) is 0 Å². The molecule has 4 rings (SSSR count). The maximum Gasteiger partial charge on any atom is 0.335 e. The van der Waals surface area contributed by atoms with Crippen LogP contribution in [0.2, 0.25) is 0 Å². The molecule has 0 atom stereocenters. The maximum absolute atomic E-state index is 12.6. The highest BCUT2D eigenvalue weighted by Gasteiger charge is 2.20. The van der Waals surface area contributed by atoms with Gasteiger partial charge in [-0.05, 0) is 42.7 Å². The monoisotopic (exact) mass is 413 g/mol. The first-order valence-electron chi connectivity index (χ1n) is 10.4. The minimum atomic E-state index is -0.963. The smallest absolute Gasteiger partial charge is 0.335 e. The molecule has 3 aromatic rings. The number of nitrogens with one attached hydrogen (secondary N) is 1. The van der Waals surface area contributed by atoms with Crippen molar-refractivity contribution in [2.45, 2.75) is 38.3 Å². The fraction of sp³-hybridized carbons (Fsp3) is 0.240. The minimum Gasteiger partial charge on any atom is -0.478 e. The first-order chi connectivity index (χ1) is 15.0. The van der Waals surface area contributed by atoms with Crippen molar-refractivity contribution in [3.05, 3.63) is 77.0 Å². The number of hydrogen-bond acceptors (Lipinski definition) is 3. The van der Waals surface area contributed by atoms with Crippen molar-refractivity contribution in [1.82, 2.24) is 9.88 Å². The Labute approximate surface area is 180 Å². The Hall–Kier alpha value is -3.85. The molecule has 1 fully saturated rings. The predicted molar refractivity (Wildman–Crippen MR) is 118 cm³/mol. The lowest BCUT2D eigenvalue weighted by molar-refractivity contribution is -0.117. The van der Waals surface area contributed by atoms with Gasteiger partial charge in [-0.1, -0.05) is 43.2 Å². The summed E-state index contributed by atoms with van der Waals surface area (Å²) in [5, 5.41) is 22.7. The van der Waals surface area contributed by atoms with Crippen LogP contribution in [0.25, 0.3) is 17.0 Å². The molecule has 1 aromatic heterocycles. The largest absolute Gasteiger partial charge is 0.478 e. The third kappa shape index (κ3) is 4.51. The van der Waals surface area contributed by atoms with Crippen LogP contribution in [0.3, 0.4) is 0 Å². The van der Waals surface area contributed by atoms with Crippen LogP contribution in [0.15, 0.2) is 60.3 Å². The van der Waals surface area contributed by atoms with E-state index in [2.05, 4.69) is 5.32 Å². The van der Waals surface area contributed by atoms with Crippen LogP contribution in [-0.4, -0.2) is 27.6 Å². The van der Waals surface area contributed by atoms with Crippen LogP contribution in [0.5, 0.6) is 0 Å². The zero-order valence-corrected chi connectivity index (χ0v) is 17.0. The summed E-state index contributed by atoms with van der Waals surface area (Å²) in [6.07, 6.45) is 7.66. The molecule has 0 aliphatic heterocycles. The van der Waals surface area contributed by atoms with Gasteiger partial charge in [-0.3, -0.25) is 4.79 Å². The molecule has 1 aliphatic rings. The molecule has 156 valence electrons. The van der Waals surface area contributed by atoms with E-state index in [0.717, 1.165) is 47.7 Å². The van der Waals surface area contributed by atoms with Gasteiger partial charge in [0.1, 0.15) is 11.6 Å². The van der Waals surface area contributed by atoms with Crippen LogP contribution < -0.4 is 5.32 Å². The topological polar surface area (TPSA) is 95.1 Å². The quantitative estimate of drug-likeness (QED) is 0.464. The lowest BCUT2D eigenvalue weighted by Gasteiger charge is -2.10. The Bertz CT molecular complexity index is 1210. The Morgan fingerprint density at radius 2 is 1.94 bits per heavy atom. The van der Waals surface area contributed by atoms with Crippen LogP contribution >= 0.6 is 0 Å². The summed E-state index contributed by atoms with van der Waals surface area (Å²) >= 11 is 0. The number of amides is 1. The molecule has 31 heavy (non-hydrogen) atoms. The zero-order valence-electron chi connectivity index (χ0n) is 17.0. The lowest BCUT2D eigenvalue weighted by atomic mass is 10.1. The molecular weight excluding hydrogens is 390 g/mol. The van der Waals surface area contributed by atoms with Crippen LogP contribution in [0, 0.1) is 11.3 Å². The van der Waals surface area contributed by atoms with Gasteiger partial charge >= 0.3 is 5.97 Å². The summed E-state index contributed by atoms with van der Waals surface area (Å²) in [7, 11) is 0. The van der Waals surface area contributed by atoms with Crippen molar-refractivity contribution >= 4 is 28.9 Å². The van der Waals surface area contributed by atoms with E-state index in [1.807, 2.05) is 47.2 Å². The number of nitriles is 1. The Morgan fingerprint density at radius 3 is 2.68 bits per heavy atom. The van der Waals surface area contributed by atoms with E-state index >= 15 is 0 Å². The van der Waals surface area contributed by atoms with Crippen molar-refractivity contribution in [3.63, 3.8) is 0 Å². The molecule has 0 radical (unpaired) electrons. The number of aromatic nitrogens is 1. The highest BCUT2D eigenvalue weighted by atomic mass is 16.4. The van der Waals surface area contributed by atoms with Crippen molar-refractivity contribution in [2.24, 2.45) is 0 Å². The Balaban J connectivity index is 1.66. The number of carboxylic acids is 1. The summed E-state index contributed by atoms with van der Waals surface area (Å²) in [5.41, 5.74) is 2.91. The van der Waals surface area contributed by atoms with Gasteiger partial charge < -0.3 is 15.0 Å². The molecule has 0 spiro atoms. The Morgan fingerprint density at radius 1 is 1.16 bits per heavy atom. The molecule has 6 nitrogen and oxygen atoms in total. The van der Waals surface area contributed by atoms with Gasteiger partial charge in [0.15, 0.2) is 0 Å². The fourth-order valence-corrected chi connectivity index (χ4v) is 4.16. The second-order valence-electron chi connectivity index (χ2n) is 7.86. The molecular formula is C25H23N3O3. The molecule has 0 bridgehead atoms. The van der Waals surface area contributed by atoms with Gasteiger partial charge in [-0.25, -0.2) is 4.79 Å². The number of rotatable bonds is 6. The molecule has 6 heteroatoms. The van der Waals surface area contributed by atoms with Crippen LogP contribution in [0.1, 0.15) is 47.2 Å². The van der Waals surface area contributed by atoms with Crippen LogP contribution in [0.4, 0.5) is 0 Å². The van der Waals surface area contributed by atoms with Crippen molar-refractivity contribution in [2.75, 3.05) is 0 Å².